The van der Waals surface area contributed by atoms with Crippen LogP contribution in [0.15, 0.2) is 28.8 Å². The minimum absolute atomic E-state index is 0.262. The number of hydrogen-bond acceptors (Lipinski definition) is 2. The Labute approximate surface area is 106 Å². The molecule has 1 atom stereocenters. The van der Waals surface area contributed by atoms with Crippen molar-refractivity contribution in [1.29, 1.82) is 0 Å². The summed E-state index contributed by atoms with van der Waals surface area (Å²) in [7, 11) is 0. The van der Waals surface area contributed by atoms with Crippen LogP contribution in [0.3, 0.4) is 0 Å². The highest BCUT2D eigenvalue weighted by atomic mass is 79.9. The van der Waals surface area contributed by atoms with Crippen molar-refractivity contribution >= 4 is 33.5 Å². The monoisotopic (exact) mass is 302 g/mol. The van der Waals surface area contributed by atoms with Gasteiger partial charge in [0, 0.05) is 22.5 Å². The summed E-state index contributed by atoms with van der Waals surface area (Å²) in [5.41, 5.74) is 0.979. The molecule has 1 aromatic rings. The molecule has 16 heavy (non-hydrogen) atoms. The Morgan fingerprint density at radius 2 is 2.38 bits per heavy atom. The van der Waals surface area contributed by atoms with E-state index in [1.807, 2.05) is 6.07 Å². The lowest BCUT2D eigenvalue weighted by molar-refractivity contribution is -0.131. The first-order chi connectivity index (χ1) is 7.58. The van der Waals surface area contributed by atoms with Crippen molar-refractivity contribution in [2.75, 3.05) is 0 Å². The van der Waals surface area contributed by atoms with Gasteiger partial charge in [-0.1, -0.05) is 27.5 Å². The maximum atomic E-state index is 10.4. The van der Waals surface area contributed by atoms with Gasteiger partial charge in [-0.05, 0) is 18.2 Å². The molecule has 0 radical (unpaired) electrons. The van der Waals surface area contributed by atoms with Gasteiger partial charge in [0.05, 0.1) is 5.02 Å². The first-order valence-corrected chi connectivity index (χ1v) is 5.79. The zero-order chi connectivity index (χ0) is 11.7. The summed E-state index contributed by atoms with van der Waals surface area (Å²) in [5.74, 6) is -0.346. The fourth-order valence-corrected chi connectivity index (χ4v) is 2.28. The average Bonchev–Trinajstić information content (AvgIpc) is 2.66. The standard InChI is InChI=1S/C11H8BrClO3/c12-8-2-3-9(13)11-7(8)5-6(16-11)1-4-10(14)15/h1-4,6H,5H2,(H,14,15). The van der Waals surface area contributed by atoms with Gasteiger partial charge in [0.15, 0.2) is 0 Å². The molecule has 1 aliphatic rings. The zero-order valence-electron chi connectivity index (χ0n) is 8.11. The van der Waals surface area contributed by atoms with Gasteiger partial charge in [0.2, 0.25) is 0 Å². The quantitative estimate of drug-likeness (QED) is 0.854. The number of fused-ring (bicyclic) bond motifs is 1. The maximum absolute atomic E-state index is 10.4. The van der Waals surface area contributed by atoms with Crippen molar-refractivity contribution in [3.05, 3.63) is 39.3 Å². The smallest absolute Gasteiger partial charge is 0.328 e. The van der Waals surface area contributed by atoms with Gasteiger partial charge < -0.3 is 9.84 Å². The lowest BCUT2D eigenvalue weighted by Gasteiger charge is -2.05. The van der Waals surface area contributed by atoms with E-state index in [9.17, 15) is 4.79 Å². The summed E-state index contributed by atoms with van der Waals surface area (Å²) in [5, 5.41) is 9.07. The van der Waals surface area contributed by atoms with E-state index in [1.54, 1.807) is 6.07 Å². The van der Waals surface area contributed by atoms with Crippen molar-refractivity contribution < 1.29 is 14.6 Å². The van der Waals surface area contributed by atoms with Gasteiger partial charge in [0.1, 0.15) is 11.9 Å². The number of rotatable bonds is 2. The Kier molecular flexibility index (Phi) is 3.21. The van der Waals surface area contributed by atoms with Gasteiger partial charge in [-0.2, -0.15) is 0 Å². The van der Waals surface area contributed by atoms with E-state index in [0.29, 0.717) is 17.2 Å². The number of ether oxygens (including phenoxy) is 1. The molecule has 84 valence electrons. The molecular weight excluding hydrogens is 295 g/mol. The third-order valence-corrected chi connectivity index (χ3v) is 3.32. The second-order valence-electron chi connectivity index (χ2n) is 3.39. The highest BCUT2D eigenvalue weighted by Crippen LogP contribution is 2.40. The molecule has 1 aliphatic heterocycles. The molecule has 1 N–H and O–H groups in total. The van der Waals surface area contributed by atoms with E-state index in [0.717, 1.165) is 16.1 Å². The van der Waals surface area contributed by atoms with Crippen molar-refractivity contribution in [3.63, 3.8) is 0 Å². The molecule has 0 spiro atoms. The van der Waals surface area contributed by atoms with Crippen LogP contribution < -0.4 is 4.74 Å². The summed E-state index contributed by atoms with van der Waals surface area (Å²) < 4.78 is 6.49. The number of aliphatic carboxylic acids is 1. The van der Waals surface area contributed by atoms with E-state index >= 15 is 0 Å². The van der Waals surface area contributed by atoms with Gasteiger partial charge in [-0.15, -0.1) is 0 Å². The number of carboxylic acid groups (broad SMARTS) is 1. The second kappa shape index (κ2) is 4.47. The van der Waals surface area contributed by atoms with Crippen LogP contribution in [0.1, 0.15) is 5.56 Å². The van der Waals surface area contributed by atoms with Gasteiger partial charge >= 0.3 is 5.97 Å². The summed E-state index contributed by atoms with van der Waals surface area (Å²) in [6.07, 6.45) is 2.96. The number of halogens is 2. The van der Waals surface area contributed by atoms with E-state index in [4.69, 9.17) is 21.4 Å². The van der Waals surface area contributed by atoms with Crippen LogP contribution in [0.25, 0.3) is 0 Å². The predicted octanol–water partition coefficient (Wildman–Crippen LogP) is 3.05. The molecule has 0 saturated heterocycles. The Bertz CT molecular complexity index is 440. The van der Waals surface area contributed by atoms with Crippen LogP contribution in [-0.2, 0) is 11.2 Å². The van der Waals surface area contributed by atoms with Gasteiger partial charge in [0.25, 0.3) is 0 Å². The molecule has 0 saturated carbocycles. The Morgan fingerprint density at radius 1 is 1.62 bits per heavy atom. The van der Waals surface area contributed by atoms with Crippen molar-refractivity contribution in [2.24, 2.45) is 0 Å². The molecule has 1 unspecified atom stereocenters. The molecule has 0 aliphatic carbocycles. The number of carbonyl (C=O) groups is 1. The summed E-state index contributed by atoms with van der Waals surface area (Å²) >= 11 is 9.39. The third-order valence-electron chi connectivity index (χ3n) is 2.28. The fourth-order valence-electron chi connectivity index (χ4n) is 1.58. The Hall–Kier alpha value is -1.00. The van der Waals surface area contributed by atoms with E-state index in [-0.39, 0.29) is 6.10 Å². The van der Waals surface area contributed by atoms with Crippen LogP contribution in [0, 0.1) is 0 Å². The molecule has 3 nitrogen and oxygen atoms in total. The van der Waals surface area contributed by atoms with Crippen LogP contribution in [0.2, 0.25) is 5.02 Å². The lowest BCUT2D eigenvalue weighted by Crippen LogP contribution is -2.09. The predicted molar refractivity (Wildman–Crippen MR) is 64.0 cm³/mol. The first kappa shape index (κ1) is 11.5. The molecular formula is C11H8BrClO3. The Morgan fingerprint density at radius 3 is 3.00 bits per heavy atom. The van der Waals surface area contributed by atoms with Crippen molar-refractivity contribution in [3.8, 4) is 5.75 Å². The molecule has 2 rings (SSSR count). The SMILES string of the molecule is O=C(O)C=CC1Cc2c(Br)ccc(Cl)c2O1. The highest BCUT2D eigenvalue weighted by Gasteiger charge is 2.25. The molecule has 0 aromatic heterocycles. The van der Waals surface area contributed by atoms with Crippen LogP contribution in [0.5, 0.6) is 5.75 Å². The van der Waals surface area contributed by atoms with Gasteiger partial charge in [-0.25, -0.2) is 4.79 Å². The second-order valence-corrected chi connectivity index (χ2v) is 4.66. The lowest BCUT2D eigenvalue weighted by atomic mass is 10.1. The van der Waals surface area contributed by atoms with E-state index < -0.39 is 5.97 Å². The third kappa shape index (κ3) is 2.23. The molecule has 1 heterocycles. The van der Waals surface area contributed by atoms with E-state index in [2.05, 4.69) is 15.9 Å². The molecule has 0 fully saturated rings. The number of hydrogen-bond donors (Lipinski definition) is 1. The molecule has 5 heteroatoms. The first-order valence-electron chi connectivity index (χ1n) is 4.62. The Balaban J connectivity index is 2.24. The van der Waals surface area contributed by atoms with Crippen LogP contribution in [0.4, 0.5) is 0 Å². The number of carboxylic acids is 1. The van der Waals surface area contributed by atoms with Crippen molar-refractivity contribution in [1.82, 2.24) is 0 Å². The summed E-state index contributed by atoms with van der Waals surface area (Å²) in [4.78, 5) is 10.4. The normalized spacial score (nSPS) is 18.5. The number of benzene rings is 1. The zero-order valence-corrected chi connectivity index (χ0v) is 10.5. The van der Waals surface area contributed by atoms with E-state index in [1.165, 1.54) is 6.08 Å². The highest BCUT2D eigenvalue weighted by molar-refractivity contribution is 9.10. The van der Waals surface area contributed by atoms with Crippen LogP contribution in [-0.4, -0.2) is 17.2 Å². The minimum Gasteiger partial charge on any atom is -0.484 e. The maximum Gasteiger partial charge on any atom is 0.328 e. The molecule has 1 aromatic carbocycles. The topological polar surface area (TPSA) is 46.5 Å². The summed E-state index contributed by atoms with van der Waals surface area (Å²) in [6.45, 7) is 0. The van der Waals surface area contributed by atoms with Crippen LogP contribution >= 0.6 is 27.5 Å². The fraction of sp³-hybridized carbons (Fsp3) is 0.182. The molecule has 0 amide bonds. The minimum atomic E-state index is -0.982. The summed E-state index contributed by atoms with van der Waals surface area (Å²) in [6, 6.07) is 3.60. The largest absolute Gasteiger partial charge is 0.484 e. The molecule has 0 bridgehead atoms. The van der Waals surface area contributed by atoms with Gasteiger partial charge in [-0.3, -0.25) is 0 Å². The average molecular weight is 304 g/mol. The van der Waals surface area contributed by atoms with Crippen molar-refractivity contribution in [2.45, 2.75) is 12.5 Å².